The first-order valence-electron chi connectivity index (χ1n) is 10.6. The van der Waals surface area contributed by atoms with Crippen LogP contribution in [0.3, 0.4) is 0 Å². The number of aryl methyl sites for hydroxylation is 1. The second-order valence-electron chi connectivity index (χ2n) is 9.14. The van der Waals surface area contributed by atoms with Gasteiger partial charge >= 0.3 is 5.63 Å². The lowest BCUT2D eigenvalue weighted by Gasteiger charge is -2.16. The first-order chi connectivity index (χ1) is 15.1. The van der Waals surface area contributed by atoms with Gasteiger partial charge in [-0.1, -0.05) is 51.1 Å². The fourth-order valence-corrected chi connectivity index (χ4v) is 3.92. The van der Waals surface area contributed by atoms with Gasteiger partial charge in [0.05, 0.1) is 24.4 Å². The van der Waals surface area contributed by atoms with E-state index in [1.807, 2.05) is 31.2 Å². The van der Waals surface area contributed by atoms with Gasteiger partial charge < -0.3 is 19.3 Å². The van der Waals surface area contributed by atoms with Gasteiger partial charge in [0.2, 0.25) is 5.91 Å². The number of carbonyl (C=O) groups is 1. The van der Waals surface area contributed by atoms with E-state index in [9.17, 15) is 14.7 Å². The number of carbonyl (C=O) groups excluding carboxylic acids is 1. The number of fused-ring (bicyclic) bond motifs is 2. The molecule has 6 nitrogen and oxygen atoms in total. The van der Waals surface area contributed by atoms with E-state index in [4.69, 9.17) is 8.83 Å². The van der Waals surface area contributed by atoms with Crippen molar-refractivity contribution >= 4 is 27.8 Å². The summed E-state index contributed by atoms with van der Waals surface area (Å²) in [4.78, 5) is 25.2. The van der Waals surface area contributed by atoms with Crippen molar-refractivity contribution < 1.29 is 18.7 Å². The number of nitrogens with one attached hydrogen (secondary N) is 1. The van der Waals surface area contributed by atoms with Gasteiger partial charge in [-0.3, -0.25) is 4.79 Å². The average Bonchev–Trinajstić information content (AvgIpc) is 3.18. The van der Waals surface area contributed by atoms with E-state index in [0.717, 1.165) is 16.3 Å². The summed E-state index contributed by atoms with van der Waals surface area (Å²) in [6.45, 7) is 8.21. The molecule has 0 saturated carbocycles. The van der Waals surface area contributed by atoms with Crippen molar-refractivity contribution in [1.82, 2.24) is 5.32 Å². The Morgan fingerprint density at radius 3 is 2.50 bits per heavy atom. The van der Waals surface area contributed by atoms with Crippen LogP contribution in [0.25, 0.3) is 21.9 Å². The summed E-state index contributed by atoms with van der Waals surface area (Å²) < 4.78 is 11.2. The molecule has 2 aromatic carbocycles. The molecule has 2 heterocycles. The summed E-state index contributed by atoms with van der Waals surface area (Å²) in [5.74, 6) is -0.352. The lowest BCUT2D eigenvalue weighted by molar-refractivity contribution is -0.120. The normalized spacial score (nSPS) is 12.9. The van der Waals surface area contributed by atoms with Gasteiger partial charge in [-0.05, 0) is 29.5 Å². The van der Waals surface area contributed by atoms with Gasteiger partial charge in [-0.15, -0.1) is 0 Å². The quantitative estimate of drug-likeness (QED) is 0.451. The molecular weight excluding hydrogens is 406 g/mol. The Hall–Kier alpha value is -3.38. The van der Waals surface area contributed by atoms with Gasteiger partial charge in [0.25, 0.3) is 0 Å². The monoisotopic (exact) mass is 433 g/mol. The Labute approximate surface area is 185 Å². The van der Waals surface area contributed by atoms with Crippen molar-refractivity contribution in [3.05, 3.63) is 81.4 Å². The molecule has 0 saturated heterocycles. The lowest BCUT2D eigenvalue weighted by atomic mass is 9.86. The number of amides is 1. The maximum atomic E-state index is 12.6. The maximum absolute atomic E-state index is 12.6. The zero-order valence-electron chi connectivity index (χ0n) is 18.7. The highest BCUT2D eigenvalue weighted by molar-refractivity contribution is 5.97. The highest BCUT2D eigenvalue weighted by Gasteiger charge is 2.22. The molecule has 166 valence electrons. The van der Waals surface area contributed by atoms with Crippen molar-refractivity contribution in [3.63, 3.8) is 0 Å². The van der Waals surface area contributed by atoms with Crippen LogP contribution in [0.15, 0.2) is 62.4 Å². The van der Waals surface area contributed by atoms with E-state index in [0.29, 0.717) is 27.9 Å². The summed E-state index contributed by atoms with van der Waals surface area (Å²) in [7, 11) is 0. The van der Waals surface area contributed by atoms with Gasteiger partial charge in [0, 0.05) is 28.9 Å². The number of aliphatic hydroxyl groups is 1. The minimum atomic E-state index is -0.820. The summed E-state index contributed by atoms with van der Waals surface area (Å²) in [6.07, 6.45) is 0.796. The van der Waals surface area contributed by atoms with Crippen LogP contribution in [0.5, 0.6) is 0 Å². The molecule has 4 aromatic rings. The van der Waals surface area contributed by atoms with Crippen LogP contribution < -0.4 is 10.9 Å². The van der Waals surface area contributed by atoms with Crippen LogP contribution in [-0.4, -0.2) is 17.6 Å². The molecule has 32 heavy (non-hydrogen) atoms. The van der Waals surface area contributed by atoms with Crippen LogP contribution >= 0.6 is 0 Å². The van der Waals surface area contributed by atoms with Gasteiger partial charge in [0.15, 0.2) is 0 Å². The zero-order chi connectivity index (χ0) is 23.0. The smallest absolute Gasteiger partial charge is 0.340 e. The fourth-order valence-electron chi connectivity index (χ4n) is 3.92. The largest absolute Gasteiger partial charge is 0.464 e. The highest BCUT2D eigenvalue weighted by atomic mass is 16.4. The standard InChI is InChI=1S/C26H27NO5/c1-15-17-10-19-20(26(2,3)4)14-31-22(19)12-23(17)32-25(30)18(15)11-24(29)27-13-21(28)16-8-6-5-7-9-16/h5-10,12,14,21,28H,11,13H2,1-4H3,(H,27,29). The van der Waals surface area contributed by atoms with E-state index in [1.165, 1.54) is 0 Å². The molecule has 0 fully saturated rings. The summed E-state index contributed by atoms with van der Waals surface area (Å²) in [5, 5.41) is 14.7. The predicted molar refractivity (Wildman–Crippen MR) is 124 cm³/mol. The number of aliphatic hydroxyl groups excluding tert-OH is 1. The third kappa shape index (κ3) is 4.18. The Balaban J connectivity index is 1.61. The fraction of sp³-hybridized carbons (Fsp3) is 0.308. The Morgan fingerprint density at radius 2 is 1.81 bits per heavy atom. The Kier molecular flexibility index (Phi) is 5.65. The Bertz CT molecular complexity index is 1340. The third-order valence-corrected chi connectivity index (χ3v) is 5.80. The first kappa shape index (κ1) is 21.8. The molecule has 4 rings (SSSR count). The topological polar surface area (TPSA) is 92.7 Å². The minimum absolute atomic E-state index is 0.0609. The van der Waals surface area contributed by atoms with Crippen molar-refractivity contribution in [2.24, 2.45) is 0 Å². The number of rotatable bonds is 5. The molecule has 1 atom stereocenters. The molecule has 0 aliphatic rings. The van der Waals surface area contributed by atoms with Crippen LogP contribution in [0.2, 0.25) is 0 Å². The number of furan rings is 1. The van der Waals surface area contributed by atoms with Crippen LogP contribution in [-0.2, 0) is 16.6 Å². The first-order valence-corrected chi connectivity index (χ1v) is 10.6. The van der Waals surface area contributed by atoms with Gasteiger partial charge in [-0.25, -0.2) is 4.79 Å². The van der Waals surface area contributed by atoms with Crippen LogP contribution in [0.1, 0.15) is 49.1 Å². The molecule has 6 heteroatoms. The van der Waals surface area contributed by atoms with Crippen LogP contribution in [0, 0.1) is 6.92 Å². The van der Waals surface area contributed by atoms with Crippen LogP contribution in [0.4, 0.5) is 0 Å². The molecule has 2 aromatic heterocycles. The van der Waals surface area contributed by atoms with E-state index in [-0.39, 0.29) is 24.3 Å². The molecule has 0 spiro atoms. The minimum Gasteiger partial charge on any atom is -0.464 e. The van der Waals surface area contributed by atoms with E-state index in [2.05, 4.69) is 26.1 Å². The summed E-state index contributed by atoms with van der Waals surface area (Å²) in [5.41, 5.74) is 3.23. The van der Waals surface area contributed by atoms with E-state index in [1.54, 1.807) is 24.5 Å². The van der Waals surface area contributed by atoms with Crippen molar-refractivity contribution in [2.75, 3.05) is 6.54 Å². The summed E-state index contributed by atoms with van der Waals surface area (Å²) >= 11 is 0. The second-order valence-corrected chi connectivity index (χ2v) is 9.14. The molecule has 0 radical (unpaired) electrons. The van der Waals surface area contributed by atoms with E-state index >= 15 is 0 Å². The summed E-state index contributed by atoms with van der Waals surface area (Å²) in [6, 6.07) is 12.8. The van der Waals surface area contributed by atoms with Crippen molar-refractivity contribution in [2.45, 2.75) is 45.6 Å². The molecule has 0 aliphatic carbocycles. The third-order valence-electron chi connectivity index (χ3n) is 5.80. The van der Waals surface area contributed by atoms with E-state index < -0.39 is 11.7 Å². The average molecular weight is 434 g/mol. The molecule has 1 unspecified atom stereocenters. The molecular formula is C26H27NO5. The lowest BCUT2D eigenvalue weighted by Crippen LogP contribution is -2.31. The van der Waals surface area contributed by atoms with Crippen molar-refractivity contribution in [3.8, 4) is 0 Å². The second kappa shape index (κ2) is 8.28. The number of hydrogen-bond donors (Lipinski definition) is 2. The maximum Gasteiger partial charge on any atom is 0.340 e. The van der Waals surface area contributed by atoms with Crippen molar-refractivity contribution in [1.29, 1.82) is 0 Å². The highest BCUT2D eigenvalue weighted by Crippen LogP contribution is 2.35. The zero-order valence-corrected chi connectivity index (χ0v) is 18.7. The molecule has 0 bridgehead atoms. The van der Waals surface area contributed by atoms with Gasteiger partial charge in [0.1, 0.15) is 11.2 Å². The number of hydrogen-bond acceptors (Lipinski definition) is 5. The Morgan fingerprint density at radius 1 is 1.09 bits per heavy atom. The molecule has 2 N–H and O–H groups in total. The van der Waals surface area contributed by atoms with Gasteiger partial charge in [-0.2, -0.15) is 0 Å². The molecule has 1 amide bonds. The predicted octanol–water partition coefficient (Wildman–Crippen LogP) is 4.54. The molecule has 0 aliphatic heterocycles. The SMILES string of the molecule is Cc1c(CC(=O)NCC(O)c2ccccc2)c(=O)oc2cc3occ(C(C)(C)C)c3cc12. The number of benzene rings is 2.